The van der Waals surface area contributed by atoms with Gasteiger partial charge in [-0.25, -0.2) is 9.50 Å². The maximum absolute atomic E-state index is 4.56. The predicted molar refractivity (Wildman–Crippen MR) is 61.0 cm³/mol. The molecule has 0 atom stereocenters. The zero-order valence-corrected chi connectivity index (χ0v) is 9.03. The van der Waals surface area contributed by atoms with Crippen molar-refractivity contribution in [3.05, 3.63) is 41.5 Å². The van der Waals surface area contributed by atoms with Crippen molar-refractivity contribution in [1.29, 1.82) is 0 Å². The summed E-state index contributed by atoms with van der Waals surface area (Å²) in [6.45, 7) is 2.04. The first-order chi connectivity index (χ1) is 7.36. The van der Waals surface area contributed by atoms with Crippen molar-refractivity contribution in [3.63, 3.8) is 0 Å². The minimum Gasteiger partial charge on any atom is -0.217 e. The van der Waals surface area contributed by atoms with Gasteiger partial charge in [-0.2, -0.15) is 5.10 Å². The Morgan fingerprint density at radius 1 is 1.20 bits per heavy atom. The van der Waals surface area contributed by atoms with Gasteiger partial charge in [-0.1, -0.05) is 41.7 Å². The van der Waals surface area contributed by atoms with E-state index in [4.69, 9.17) is 0 Å². The summed E-state index contributed by atoms with van der Waals surface area (Å²) in [6.07, 6.45) is 0. The molecular weight excluding hydrogens is 206 g/mol. The van der Waals surface area contributed by atoms with Gasteiger partial charge in [-0.3, -0.25) is 0 Å². The second kappa shape index (κ2) is 3.17. The van der Waals surface area contributed by atoms with Gasteiger partial charge >= 0.3 is 0 Å². The summed E-state index contributed by atoms with van der Waals surface area (Å²) in [5.74, 6) is 0. The maximum Gasteiger partial charge on any atom is 0.212 e. The van der Waals surface area contributed by atoms with Crippen LogP contribution in [0, 0.1) is 6.92 Å². The van der Waals surface area contributed by atoms with E-state index >= 15 is 0 Å². The monoisotopic (exact) mass is 215 g/mol. The Balaban J connectivity index is 2.27. The zero-order chi connectivity index (χ0) is 10.3. The number of aryl methyl sites for hydroxylation is 1. The molecule has 0 N–H and O–H groups in total. The molecule has 0 unspecified atom stereocenters. The van der Waals surface area contributed by atoms with Crippen LogP contribution >= 0.6 is 11.3 Å². The van der Waals surface area contributed by atoms with Crippen LogP contribution in [0.25, 0.3) is 16.2 Å². The van der Waals surface area contributed by atoms with E-state index < -0.39 is 0 Å². The van der Waals surface area contributed by atoms with E-state index in [-0.39, 0.29) is 0 Å². The molecular formula is C11H9N3S. The molecule has 0 fully saturated rings. The van der Waals surface area contributed by atoms with Crippen LogP contribution in [0.3, 0.4) is 0 Å². The average Bonchev–Trinajstić information content (AvgIpc) is 2.83. The van der Waals surface area contributed by atoms with Gasteiger partial charge in [0.1, 0.15) is 5.51 Å². The van der Waals surface area contributed by atoms with Crippen molar-refractivity contribution in [3.8, 4) is 11.3 Å². The van der Waals surface area contributed by atoms with Crippen molar-refractivity contribution >= 4 is 16.3 Å². The smallest absolute Gasteiger partial charge is 0.212 e. The number of fused-ring (bicyclic) bond motifs is 1. The Bertz CT molecular complexity index is 595. The van der Waals surface area contributed by atoms with E-state index in [1.807, 2.05) is 35.1 Å². The third-order valence-electron chi connectivity index (χ3n) is 2.42. The second-order valence-electron chi connectivity index (χ2n) is 3.34. The first kappa shape index (κ1) is 8.61. The van der Waals surface area contributed by atoms with Crippen LogP contribution < -0.4 is 0 Å². The Morgan fingerprint density at radius 2 is 2.00 bits per heavy atom. The topological polar surface area (TPSA) is 30.2 Å². The van der Waals surface area contributed by atoms with E-state index in [1.165, 1.54) is 0 Å². The van der Waals surface area contributed by atoms with Crippen LogP contribution in [-0.2, 0) is 0 Å². The number of imidazole rings is 1. The molecule has 3 nitrogen and oxygen atoms in total. The summed E-state index contributed by atoms with van der Waals surface area (Å²) in [6, 6.07) is 10.2. The lowest BCUT2D eigenvalue weighted by Crippen LogP contribution is -1.87. The largest absolute Gasteiger partial charge is 0.217 e. The van der Waals surface area contributed by atoms with E-state index in [1.54, 1.807) is 11.3 Å². The van der Waals surface area contributed by atoms with Crippen molar-refractivity contribution in [1.82, 2.24) is 14.6 Å². The number of hydrogen-bond donors (Lipinski definition) is 0. The highest BCUT2D eigenvalue weighted by Crippen LogP contribution is 2.24. The van der Waals surface area contributed by atoms with E-state index in [9.17, 15) is 0 Å². The predicted octanol–water partition coefficient (Wildman–Crippen LogP) is 2.77. The fourth-order valence-electron chi connectivity index (χ4n) is 1.67. The molecule has 15 heavy (non-hydrogen) atoms. The lowest BCUT2D eigenvalue weighted by molar-refractivity contribution is 0.932. The molecule has 0 saturated carbocycles. The fraction of sp³-hybridized carbons (Fsp3) is 0.0909. The molecule has 0 aliphatic rings. The summed E-state index contributed by atoms with van der Waals surface area (Å²) in [7, 11) is 0. The van der Waals surface area contributed by atoms with E-state index in [0.29, 0.717) is 0 Å². The third kappa shape index (κ3) is 1.26. The lowest BCUT2D eigenvalue weighted by Gasteiger charge is -1.96. The summed E-state index contributed by atoms with van der Waals surface area (Å²) in [5, 5.41) is 4.24. The molecule has 74 valence electrons. The van der Waals surface area contributed by atoms with Gasteiger partial charge in [0.25, 0.3) is 0 Å². The zero-order valence-electron chi connectivity index (χ0n) is 8.21. The van der Waals surface area contributed by atoms with E-state index in [0.717, 1.165) is 21.9 Å². The van der Waals surface area contributed by atoms with Gasteiger partial charge in [-0.15, -0.1) is 0 Å². The van der Waals surface area contributed by atoms with Gasteiger partial charge in [0.05, 0.1) is 11.4 Å². The molecule has 0 saturated heterocycles. The number of rotatable bonds is 1. The molecule has 0 radical (unpaired) electrons. The van der Waals surface area contributed by atoms with Crippen molar-refractivity contribution < 1.29 is 0 Å². The molecule has 2 aromatic heterocycles. The molecule has 3 rings (SSSR count). The molecule has 4 heteroatoms. The molecule has 2 heterocycles. The SMILES string of the molecule is Cc1c(-c2ccccc2)nc2scnn12. The van der Waals surface area contributed by atoms with Crippen LogP contribution in [-0.4, -0.2) is 14.6 Å². The first-order valence-corrected chi connectivity index (χ1v) is 5.58. The number of nitrogens with zero attached hydrogens (tertiary/aromatic N) is 3. The highest BCUT2D eigenvalue weighted by Gasteiger charge is 2.10. The standard InChI is InChI=1S/C11H9N3S/c1-8-10(9-5-3-2-4-6-9)13-11-14(8)12-7-15-11/h2-7H,1H3. The van der Waals surface area contributed by atoms with Gasteiger partial charge in [0.2, 0.25) is 4.96 Å². The Labute approximate surface area is 91.0 Å². The van der Waals surface area contributed by atoms with Crippen molar-refractivity contribution in [2.75, 3.05) is 0 Å². The van der Waals surface area contributed by atoms with Crippen LogP contribution in [0.4, 0.5) is 0 Å². The molecule has 0 aliphatic carbocycles. The van der Waals surface area contributed by atoms with Gasteiger partial charge < -0.3 is 0 Å². The van der Waals surface area contributed by atoms with Crippen molar-refractivity contribution in [2.45, 2.75) is 6.92 Å². The van der Waals surface area contributed by atoms with E-state index in [2.05, 4.69) is 22.2 Å². The Kier molecular flexibility index (Phi) is 1.82. The highest BCUT2D eigenvalue weighted by atomic mass is 32.1. The quantitative estimate of drug-likeness (QED) is 0.624. The molecule has 0 amide bonds. The van der Waals surface area contributed by atoms with Gasteiger partial charge in [0, 0.05) is 5.56 Å². The van der Waals surface area contributed by atoms with Crippen LogP contribution in [0.2, 0.25) is 0 Å². The van der Waals surface area contributed by atoms with Gasteiger partial charge in [-0.05, 0) is 6.92 Å². The Hall–Kier alpha value is -1.68. The van der Waals surface area contributed by atoms with Crippen molar-refractivity contribution in [2.24, 2.45) is 0 Å². The molecule has 0 spiro atoms. The van der Waals surface area contributed by atoms with Crippen LogP contribution in [0.1, 0.15) is 5.69 Å². The minimum atomic E-state index is 0.950. The number of hydrogen-bond acceptors (Lipinski definition) is 3. The second-order valence-corrected chi connectivity index (χ2v) is 4.16. The summed E-state index contributed by atoms with van der Waals surface area (Å²) >= 11 is 1.56. The fourth-order valence-corrected chi connectivity index (χ4v) is 2.33. The van der Waals surface area contributed by atoms with Gasteiger partial charge in [0.15, 0.2) is 0 Å². The number of aromatic nitrogens is 3. The summed E-state index contributed by atoms with van der Waals surface area (Å²) in [5.41, 5.74) is 5.07. The third-order valence-corrected chi connectivity index (χ3v) is 3.09. The summed E-state index contributed by atoms with van der Waals surface area (Å²) in [4.78, 5) is 5.51. The normalized spacial score (nSPS) is 11.0. The average molecular weight is 215 g/mol. The Morgan fingerprint density at radius 3 is 2.73 bits per heavy atom. The highest BCUT2D eigenvalue weighted by molar-refractivity contribution is 7.14. The molecule has 1 aromatic carbocycles. The molecule has 0 bridgehead atoms. The minimum absolute atomic E-state index is 0.950. The van der Waals surface area contributed by atoms with Crippen LogP contribution in [0.15, 0.2) is 35.8 Å². The summed E-state index contributed by atoms with van der Waals surface area (Å²) < 4.78 is 1.88. The molecule has 0 aliphatic heterocycles. The van der Waals surface area contributed by atoms with Crippen LogP contribution in [0.5, 0.6) is 0 Å². The number of benzene rings is 1. The maximum atomic E-state index is 4.56. The molecule has 3 aromatic rings. The first-order valence-electron chi connectivity index (χ1n) is 4.70. The lowest BCUT2D eigenvalue weighted by atomic mass is 10.1.